The maximum atomic E-state index is 12.3. The molecule has 6 heteroatoms. The van der Waals surface area contributed by atoms with Crippen molar-refractivity contribution in [3.05, 3.63) is 71.2 Å². The summed E-state index contributed by atoms with van der Waals surface area (Å²) < 4.78 is 5.24. The van der Waals surface area contributed by atoms with Gasteiger partial charge in [0.05, 0.1) is 12.5 Å². The van der Waals surface area contributed by atoms with Crippen molar-refractivity contribution in [1.29, 1.82) is 0 Å². The van der Waals surface area contributed by atoms with Crippen molar-refractivity contribution in [2.75, 3.05) is 0 Å². The SMILES string of the molecule is N[C@@H](Cc1ccc(Cl)cc1)C(=O)Cc1cc(-c2ccncc2)no1. The fourth-order valence-corrected chi connectivity index (χ4v) is 2.47. The number of hydrogen-bond acceptors (Lipinski definition) is 5. The van der Waals surface area contributed by atoms with E-state index in [1.807, 2.05) is 24.3 Å². The average molecular weight is 342 g/mol. The van der Waals surface area contributed by atoms with E-state index in [2.05, 4.69) is 10.1 Å². The van der Waals surface area contributed by atoms with Crippen LogP contribution in [0.3, 0.4) is 0 Å². The molecule has 2 N–H and O–H groups in total. The number of benzene rings is 1. The Morgan fingerprint density at radius 1 is 1.17 bits per heavy atom. The van der Waals surface area contributed by atoms with Crippen LogP contribution in [0.15, 0.2) is 59.4 Å². The van der Waals surface area contributed by atoms with E-state index in [1.165, 1.54) is 0 Å². The number of rotatable bonds is 6. The standard InChI is InChI=1S/C18H16ClN3O2/c19-14-3-1-12(2-4-14)9-16(20)18(23)11-15-10-17(22-24-15)13-5-7-21-8-6-13/h1-8,10,16H,9,11,20H2/t16-/m0/s1. The monoisotopic (exact) mass is 341 g/mol. The normalized spacial score (nSPS) is 12.1. The first kappa shape index (κ1) is 16.4. The lowest BCUT2D eigenvalue weighted by Gasteiger charge is -2.09. The summed E-state index contributed by atoms with van der Waals surface area (Å²) in [5, 5.41) is 4.64. The number of hydrogen-bond donors (Lipinski definition) is 1. The molecule has 0 spiro atoms. The summed E-state index contributed by atoms with van der Waals surface area (Å²) in [7, 11) is 0. The predicted octanol–water partition coefficient (Wildman–Crippen LogP) is 3.07. The lowest BCUT2D eigenvalue weighted by Crippen LogP contribution is -2.33. The zero-order valence-corrected chi connectivity index (χ0v) is 13.6. The highest BCUT2D eigenvalue weighted by Gasteiger charge is 2.17. The molecule has 0 saturated heterocycles. The van der Waals surface area contributed by atoms with Crippen molar-refractivity contribution in [3.63, 3.8) is 0 Å². The Kier molecular flexibility index (Phi) is 5.03. The van der Waals surface area contributed by atoms with Crippen molar-refractivity contribution in [2.45, 2.75) is 18.9 Å². The highest BCUT2D eigenvalue weighted by molar-refractivity contribution is 6.30. The number of aromatic nitrogens is 2. The van der Waals surface area contributed by atoms with Gasteiger partial charge in [-0.3, -0.25) is 9.78 Å². The van der Waals surface area contributed by atoms with Crippen molar-refractivity contribution >= 4 is 17.4 Å². The van der Waals surface area contributed by atoms with E-state index in [1.54, 1.807) is 30.6 Å². The number of carbonyl (C=O) groups excluding carboxylic acids is 1. The number of halogens is 1. The van der Waals surface area contributed by atoms with Gasteiger partial charge in [-0.25, -0.2) is 0 Å². The van der Waals surface area contributed by atoms with E-state index >= 15 is 0 Å². The average Bonchev–Trinajstić information content (AvgIpc) is 3.06. The Labute approximate surface area is 144 Å². The third kappa shape index (κ3) is 4.07. The molecule has 0 fully saturated rings. The van der Waals surface area contributed by atoms with Crippen LogP contribution in [-0.4, -0.2) is 22.0 Å². The summed E-state index contributed by atoms with van der Waals surface area (Å²) >= 11 is 5.85. The van der Waals surface area contributed by atoms with E-state index in [9.17, 15) is 4.79 Å². The number of ketones is 1. The smallest absolute Gasteiger partial charge is 0.157 e. The molecule has 24 heavy (non-hydrogen) atoms. The van der Waals surface area contributed by atoms with Gasteiger partial charge in [0.1, 0.15) is 11.5 Å². The Morgan fingerprint density at radius 2 is 1.88 bits per heavy atom. The lowest BCUT2D eigenvalue weighted by molar-refractivity contribution is -0.119. The van der Waals surface area contributed by atoms with Gasteiger partial charge in [-0.05, 0) is 36.2 Å². The molecule has 0 amide bonds. The topological polar surface area (TPSA) is 82.0 Å². The maximum Gasteiger partial charge on any atom is 0.157 e. The van der Waals surface area contributed by atoms with Crippen LogP contribution in [0.25, 0.3) is 11.3 Å². The molecule has 0 aliphatic rings. The molecule has 3 rings (SSSR count). The fraction of sp³-hybridized carbons (Fsp3) is 0.167. The zero-order chi connectivity index (χ0) is 16.9. The summed E-state index contributed by atoms with van der Waals surface area (Å²) in [5.41, 5.74) is 8.53. The fourth-order valence-electron chi connectivity index (χ4n) is 2.35. The second-order valence-electron chi connectivity index (χ2n) is 5.49. The van der Waals surface area contributed by atoms with Crippen molar-refractivity contribution in [3.8, 4) is 11.3 Å². The van der Waals surface area contributed by atoms with Crippen LogP contribution in [0.4, 0.5) is 0 Å². The molecule has 0 bridgehead atoms. The Balaban J connectivity index is 1.62. The molecular weight excluding hydrogens is 326 g/mol. The van der Waals surface area contributed by atoms with Crippen LogP contribution in [-0.2, 0) is 17.6 Å². The van der Waals surface area contributed by atoms with Crippen molar-refractivity contribution in [1.82, 2.24) is 10.1 Å². The third-order valence-electron chi connectivity index (χ3n) is 3.67. The third-order valence-corrected chi connectivity index (χ3v) is 3.92. The number of nitrogens with two attached hydrogens (primary N) is 1. The molecule has 0 aliphatic heterocycles. The van der Waals surface area contributed by atoms with Crippen LogP contribution in [0.1, 0.15) is 11.3 Å². The number of Topliss-reactive ketones (excluding diaryl/α,β-unsaturated/α-hetero) is 1. The largest absolute Gasteiger partial charge is 0.360 e. The molecule has 122 valence electrons. The molecule has 0 radical (unpaired) electrons. The van der Waals surface area contributed by atoms with Crippen LogP contribution in [0.2, 0.25) is 5.02 Å². The Hall–Kier alpha value is -2.50. The second-order valence-corrected chi connectivity index (χ2v) is 5.93. The van der Waals surface area contributed by atoms with Gasteiger partial charge in [-0.1, -0.05) is 28.9 Å². The van der Waals surface area contributed by atoms with Crippen molar-refractivity contribution < 1.29 is 9.32 Å². The molecule has 0 saturated carbocycles. The first-order valence-electron chi connectivity index (χ1n) is 7.50. The molecule has 0 unspecified atom stereocenters. The minimum Gasteiger partial charge on any atom is -0.360 e. The van der Waals surface area contributed by atoms with E-state index in [-0.39, 0.29) is 12.2 Å². The van der Waals surface area contributed by atoms with Crippen LogP contribution in [0, 0.1) is 0 Å². The minimum absolute atomic E-state index is 0.0950. The zero-order valence-electron chi connectivity index (χ0n) is 12.9. The van der Waals surface area contributed by atoms with Crippen molar-refractivity contribution in [2.24, 2.45) is 5.73 Å². The summed E-state index contributed by atoms with van der Waals surface area (Å²) in [6, 6.07) is 12.1. The van der Waals surface area contributed by atoms with Gasteiger partial charge in [-0.15, -0.1) is 0 Å². The molecule has 1 atom stereocenters. The van der Waals surface area contributed by atoms with Crippen LogP contribution in [0.5, 0.6) is 0 Å². The van der Waals surface area contributed by atoms with Gasteiger partial charge in [-0.2, -0.15) is 0 Å². The summed E-state index contributed by atoms with van der Waals surface area (Å²) in [4.78, 5) is 16.2. The second kappa shape index (κ2) is 7.38. The van der Waals surface area contributed by atoms with E-state index in [0.717, 1.165) is 11.1 Å². The van der Waals surface area contributed by atoms with E-state index < -0.39 is 6.04 Å². The summed E-state index contributed by atoms with van der Waals surface area (Å²) in [5.74, 6) is 0.403. The van der Waals surface area contributed by atoms with Gasteiger partial charge < -0.3 is 10.3 Å². The summed E-state index contributed by atoms with van der Waals surface area (Å²) in [6.45, 7) is 0. The number of pyridine rings is 1. The molecule has 1 aromatic carbocycles. The lowest BCUT2D eigenvalue weighted by atomic mass is 10.0. The maximum absolute atomic E-state index is 12.3. The molecule has 5 nitrogen and oxygen atoms in total. The molecule has 3 aromatic rings. The Morgan fingerprint density at radius 3 is 2.58 bits per heavy atom. The Bertz CT molecular complexity index is 816. The van der Waals surface area contributed by atoms with Gasteiger partial charge in [0.15, 0.2) is 5.78 Å². The number of carbonyl (C=O) groups is 1. The molecule has 2 aromatic heterocycles. The van der Waals surface area contributed by atoms with E-state index in [0.29, 0.717) is 22.9 Å². The molecule has 0 aliphatic carbocycles. The van der Waals surface area contributed by atoms with Gasteiger partial charge in [0, 0.05) is 29.0 Å². The first-order valence-corrected chi connectivity index (χ1v) is 7.88. The highest BCUT2D eigenvalue weighted by Crippen LogP contribution is 2.19. The predicted molar refractivity (Wildman–Crippen MR) is 91.6 cm³/mol. The minimum atomic E-state index is -0.597. The van der Waals surface area contributed by atoms with E-state index in [4.69, 9.17) is 21.9 Å². The van der Waals surface area contributed by atoms with Gasteiger partial charge >= 0.3 is 0 Å². The molecular formula is C18H16ClN3O2. The van der Waals surface area contributed by atoms with Crippen LogP contribution < -0.4 is 5.73 Å². The quantitative estimate of drug-likeness (QED) is 0.745. The highest BCUT2D eigenvalue weighted by atomic mass is 35.5. The first-order chi connectivity index (χ1) is 11.6. The molecule has 2 heterocycles. The van der Waals surface area contributed by atoms with Gasteiger partial charge in [0.25, 0.3) is 0 Å². The number of nitrogens with zero attached hydrogens (tertiary/aromatic N) is 2. The van der Waals surface area contributed by atoms with Crippen LogP contribution >= 0.6 is 11.6 Å². The van der Waals surface area contributed by atoms with Gasteiger partial charge in [0.2, 0.25) is 0 Å². The summed E-state index contributed by atoms with van der Waals surface area (Å²) in [6.07, 6.45) is 3.93.